The molecule has 1 nitrogen and oxygen atoms in total. The Labute approximate surface area is 77.9 Å². The third kappa shape index (κ3) is 9.52. The van der Waals surface area contributed by atoms with E-state index in [1.54, 1.807) is 0 Å². The van der Waals surface area contributed by atoms with E-state index >= 15 is 0 Å². The van der Waals surface area contributed by atoms with E-state index < -0.39 is 0 Å². The van der Waals surface area contributed by atoms with Gasteiger partial charge in [0.15, 0.2) is 0 Å². The van der Waals surface area contributed by atoms with Crippen molar-refractivity contribution in [1.82, 2.24) is 5.32 Å². The molecule has 0 bridgehead atoms. The van der Waals surface area contributed by atoms with Gasteiger partial charge in [0.2, 0.25) is 0 Å². The lowest BCUT2D eigenvalue weighted by Crippen LogP contribution is -2.11. The van der Waals surface area contributed by atoms with Crippen molar-refractivity contribution in [1.29, 1.82) is 0 Å². The van der Waals surface area contributed by atoms with Gasteiger partial charge in [-0.15, -0.1) is 11.8 Å². The summed E-state index contributed by atoms with van der Waals surface area (Å²) in [6.07, 6.45) is 2.34. The van der Waals surface area contributed by atoms with Crippen LogP contribution in [0.3, 0.4) is 0 Å². The van der Waals surface area contributed by atoms with Gasteiger partial charge in [-0.1, -0.05) is 20.8 Å². The maximum Gasteiger partial charge on any atom is 0.0212 e. The molecule has 0 spiro atoms. The van der Waals surface area contributed by atoms with Gasteiger partial charge in [0.1, 0.15) is 0 Å². The molecule has 0 aliphatic carbocycles. The lowest BCUT2D eigenvalue weighted by molar-refractivity contribution is 0.568. The predicted octanol–water partition coefficient (Wildman–Crippen LogP) is 2.67. The van der Waals surface area contributed by atoms with Crippen LogP contribution in [0.2, 0.25) is 0 Å². The molecule has 0 fully saturated rings. The Hall–Kier alpha value is -0.480. The van der Waals surface area contributed by atoms with Gasteiger partial charge in [0.05, 0.1) is 0 Å². The van der Waals surface area contributed by atoms with Crippen molar-refractivity contribution in [3.05, 3.63) is 0 Å². The second-order valence-corrected chi connectivity index (χ2v) is 2.39. The Kier molecular flexibility index (Phi) is 15.4. The van der Waals surface area contributed by atoms with Gasteiger partial charge in [0.25, 0.3) is 0 Å². The zero-order chi connectivity index (χ0) is 9.82. The maximum absolute atomic E-state index is 3.18. The SMILES string of the molecule is CC.CC#CC(CC)CCNC. The molecule has 0 aromatic heterocycles. The van der Waals surface area contributed by atoms with Crippen LogP contribution >= 0.6 is 0 Å². The lowest BCUT2D eigenvalue weighted by Gasteiger charge is -2.05. The van der Waals surface area contributed by atoms with Crippen molar-refractivity contribution in [2.75, 3.05) is 13.6 Å². The topological polar surface area (TPSA) is 12.0 Å². The molecule has 0 rings (SSSR count). The van der Waals surface area contributed by atoms with Crippen molar-refractivity contribution >= 4 is 0 Å². The first-order chi connectivity index (χ1) is 5.85. The van der Waals surface area contributed by atoms with Crippen LogP contribution in [0.5, 0.6) is 0 Å². The molecule has 0 heterocycles. The van der Waals surface area contributed by atoms with E-state index in [-0.39, 0.29) is 0 Å². The lowest BCUT2D eigenvalue weighted by atomic mass is 10.0. The van der Waals surface area contributed by atoms with Gasteiger partial charge in [-0.25, -0.2) is 0 Å². The average molecular weight is 169 g/mol. The van der Waals surface area contributed by atoms with Gasteiger partial charge in [-0.2, -0.15) is 0 Å². The summed E-state index contributed by atoms with van der Waals surface area (Å²) in [6, 6.07) is 0. The van der Waals surface area contributed by atoms with Gasteiger partial charge in [0, 0.05) is 5.92 Å². The van der Waals surface area contributed by atoms with Crippen molar-refractivity contribution in [3.8, 4) is 11.8 Å². The Balaban J connectivity index is 0. The van der Waals surface area contributed by atoms with Gasteiger partial charge >= 0.3 is 0 Å². The molecule has 0 saturated heterocycles. The Bertz CT molecular complexity index is 119. The summed E-state index contributed by atoms with van der Waals surface area (Å²) in [5.74, 6) is 6.72. The zero-order valence-electron chi connectivity index (χ0n) is 9.20. The van der Waals surface area contributed by atoms with Crippen molar-refractivity contribution in [2.45, 2.75) is 40.5 Å². The predicted molar refractivity (Wildman–Crippen MR) is 57.1 cm³/mol. The first kappa shape index (κ1) is 14.1. The molecular formula is C11H23N. The van der Waals surface area contributed by atoms with Crippen LogP contribution in [0.4, 0.5) is 0 Å². The van der Waals surface area contributed by atoms with E-state index in [9.17, 15) is 0 Å². The molecule has 1 atom stereocenters. The summed E-state index contributed by atoms with van der Waals surface area (Å²) in [4.78, 5) is 0. The first-order valence-electron chi connectivity index (χ1n) is 4.92. The monoisotopic (exact) mass is 169 g/mol. The molecule has 0 saturated carbocycles. The maximum atomic E-state index is 3.18. The van der Waals surface area contributed by atoms with Crippen LogP contribution < -0.4 is 5.32 Å². The molecule has 0 aromatic rings. The summed E-state index contributed by atoms with van der Waals surface area (Å²) < 4.78 is 0. The summed E-state index contributed by atoms with van der Waals surface area (Å²) >= 11 is 0. The quantitative estimate of drug-likeness (QED) is 0.638. The molecule has 12 heavy (non-hydrogen) atoms. The van der Waals surface area contributed by atoms with E-state index in [2.05, 4.69) is 24.1 Å². The Morgan fingerprint density at radius 3 is 2.25 bits per heavy atom. The summed E-state index contributed by atoms with van der Waals surface area (Å²) in [6.45, 7) is 9.17. The first-order valence-corrected chi connectivity index (χ1v) is 4.92. The number of rotatable bonds is 4. The minimum atomic E-state index is 0.595. The molecule has 0 aromatic carbocycles. The summed E-state index contributed by atoms with van der Waals surface area (Å²) in [7, 11) is 1.98. The minimum Gasteiger partial charge on any atom is -0.320 e. The second-order valence-electron chi connectivity index (χ2n) is 2.39. The third-order valence-electron chi connectivity index (χ3n) is 1.58. The number of hydrogen-bond acceptors (Lipinski definition) is 1. The fourth-order valence-corrected chi connectivity index (χ4v) is 0.901. The standard InChI is InChI=1S/C9H17N.C2H6/c1-4-6-9(5-2)7-8-10-3;1-2/h9-10H,5,7-8H2,1-3H3;1-2H3. The summed E-state index contributed by atoms with van der Waals surface area (Å²) in [5.41, 5.74) is 0. The van der Waals surface area contributed by atoms with Crippen LogP contribution in [-0.2, 0) is 0 Å². The Morgan fingerprint density at radius 1 is 1.33 bits per heavy atom. The van der Waals surface area contributed by atoms with Crippen LogP contribution in [0, 0.1) is 17.8 Å². The number of nitrogens with one attached hydrogen (secondary N) is 1. The normalized spacial score (nSPS) is 10.4. The third-order valence-corrected chi connectivity index (χ3v) is 1.58. The van der Waals surface area contributed by atoms with Crippen molar-refractivity contribution in [3.63, 3.8) is 0 Å². The average Bonchev–Trinajstić information content (AvgIpc) is 2.15. The van der Waals surface area contributed by atoms with Crippen LogP contribution in [0.1, 0.15) is 40.5 Å². The molecule has 0 aliphatic heterocycles. The summed E-state index contributed by atoms with van der Waals surface area (Å²) in [5, 5.41) is 3.12. The largest absolute Gasteiger partial charge is 0.320 e. The fraction of sp³-hybridized carbons (Fsp3) is 0.818. The van der Waals surface area contributed by atoms with Crippen molar-refractivity contribution in [2.24, 2.45) is 5.92 Å². The van der Waals surface area contributed by atoms with Crippen LogP contribution in [-0.4, -0.2) is 13.6 Å². The molecule has 1 heteroatoms. The molecule has 0 aliphatic rings. The van der Waals surface area contributed by atoms with E-state index in [4.69, 9.17) is 0 Å². The highest BCUT2D eigenvalue weighted by molar-refractivity contribution is 5.00. The van der Waals surface area contributed by atoms with E-state index in [1.165, 1.54) is 12.8 Å². The Morgan fingerprint density at radius 2 is 1.92 bits per heavy atom. The zero-order valence-corrected chi connectivity index (χ0v) is 9.20. The van der Waals surface area contributed by atoms with Gasteiger partial charge in [-0.05, 0) is 33.4 Å². The number of hydrogen-bond donors (Lipinski definition) is 1. The molecule has 0 amide bonds. The van der Waals surface area contributed by atoms with E-state index in [1.807, 2.05) is 27.8 Å². The molecule has 0 radical (unpaired) electrons. The van der Waals surface area contributed by atoms with E-state index in [0.717, 1.165) is 6.54 Å². The van der Waals surface area contributed by atoms with Crippen molar-refractivity contribution < 1.29 is 0 Å². The highest BCUT2D eigenvalue weighted by atomic mass is 14.8. The second kappa shape index (κ2) is 13.1. The highest BCUT2D eigenvalue weighted by Gasteiger charge is 1.98. The van der Waals surface area contributed by atoms with Gasteiger partial charge < -0.3 is 5.32 Å². The van der Waals surface area contributed by atoms with E-state index in [0.29, 0.717) is 5.92 Å². The fourth-order valence-electron chi connectivity index (χ4n) is 0.901. The minimum absolute atomic E-state index is 0.595. The van der Waals surface area contributed by atoms with Crippen LogP contribution in [0.15, 0.2) is 0 Å². The molecular weight excluding hydrogens is 146 g/mol. The molecule has 72 valence electrons. The molecule has 1 N–H and O–H groups in total. The van der Waals surface area contributed by atoms with Crippen LogP contribution in [0.25, 0.3) is 0 Å². The smallest absolute Gasteiger partial charge is 0.0212 e. The highest BCUT2D eigenvalue weighted by Crippen LogP contribution is 2.04. The molecule has 1 unspecified atom stereocenters. The van der Waals surface area contributed by atoms with Gasteiger partial charge in [-0.3, -0.25) is 0 Å².